The van der Waals surface area contributed by atoms with Gasteiger partial charge in [0.1, 0.15) is 0 Å². The van der Waals surface area contributed by atoms with Crippen LogP contribution in [-0.4, -0.2) is 25.0 Å². The number of hydrogen-bond donors (Lipinski definition) is 4. The summed E-state index contributed by atoms with van der Waals surface area (Å²) in [4.78, 5) is 35.9. The molecule has 0 aliphatic heterocycles. The van der Waals surface area contributed by atoms with Crippen molar-refractivity contribution in [1.29, 1.82) is 0 Å². The monoisotopic (exact) mass is 340 g/mol. The van der Waals surface area contributed by atoms with E-state index in [-0.39, 0.29) is 6.42 Å². The zero-order chi connectivity index (χ0) is 16.7. The van der Waals surface area contributed by atoms with Gasteiger partial charge in [-0.2, -0.15) is 0 Å². The maximum absolute atomic E-state index is 11.1. The highest BCUT2D eigenvalue weighted by molar-refractivity contribution is 7.70. The van der Waals surface area contributed by atoms with Gasteiger partial charge in [0.15, 0.2) is 5.40 Å². The van der Waals surface area contributed by atoms with Gasteiger partial charge in [0.05, 0.1) is 0 Å². The minimum Gasteiger partial charge on any atom is -0.324 e. The van der Waals surface area contributed by atoms with E-state index in [2.05, 4.69) is 6.08 Å². The maximum atomic E-state index is 11.1. The van der Waals surface area contributed by atoms with Gasteiger partial charge in [-0.15, -0.1) is 0 Å². The molecule has 0 aromatic rings. The Balaban J connectivity index is 4.32. The van der Waals surface area contributed by atoms with Crippen LogP contribution in [0.5, 0.6) is 0 Å². The summed E-state index contributed by atoms with van der Waals surface area (Å²) in [5, 5.41) is -1.88. The summed E-state index contributed by atoms with van der Waals surface area (Å²) in [5.74, 6) is 0. The van der Waals surface area contributed by atoms with Crippen LogP contribution in [0.2, 0.25) is 0 Å². The van der Waals surface area contributed by atoms with Crippen molar-refractivity contribution in [2.45, 2.75) is 58.3 Å². The molecule has 0 radical (unpaired) electrons. The lowest BCUT2D eigenvalue weighted by molar-refractivity contribution is 0.334. The minimum atomic E-state index is -4.78. The normalized spacial score (nSPS) is 13.6. The van der Waals surface area contributed by atoms with E-state index in [1.54, 1.807) is 0 Å². The molecule has 0 unspecified atom stereocenters. The van der Waals surface area contributed by atoms with Crippen LogP contribution in [0.1, 0.15) is 52.9 Å². The van der Waals surface area contributed by atoms with E-state index in [4.69, 9.17) is 19.6 Å². The molecule has 8 heteroatoms. The molecule has 124 valence electrons. The standard InChI is InChI=1S/C13H26O6P2/c1-11(2)7-6-9-12(3)8-4-5-10-13(20(14,15)16)21(17,18)19/h7-8,13H,4-6,9-10H2,1-3H3,(H2,14,15,16)(H2,17,18,19)/b12-8+. The van der Waals surface area contributed by atoms with E-state index in [9.17, 15) is 9.13 Å². The third-order valence-corrected chi connectivity index (χ3v) is 6.90. The van der Waals surface area contributed by atoms with Gasteiger partial charge >= 0.3 is 15.2 Å². The Bertz CT molecular complexity index is 445. The molecule has 6 nitrogen and oxygen atoms in total. The van der Waals surface area contributed by atoms with Gasteiger partial charge in [0, 0.05) is 0 Å². The topological polar surface area (TPSA) is 115 Å². The highest BCUT2D eigenvalue weighted by Crippen LogP contribution is 2.61. The van der Waals surface area contributed by atoms with E-state index in [1.807, 2.05) is 26.8 Å². The van der Waals surface area contributed by atoms with E-state index < -0.39 is 20.6 Å². The van der Waals surface area contributed by atoms with Crippen molar-refractivity contribution in [1.82, 2.24) is 0 Å². The van der Waals surface area contributed by atoms with Crippen molar-refractivity contribution in [2.24, 2.45) is 0 Å². The molecule has 21 heavy (non-hydrogen) atoms. The Labute approximate surface area is 126 Å². The molecule has 0 saturated carbocycles. The predicted octanol–water partition coefficient (Wildman–Crippen LogP) is 3.53. The van der Waals surface area contributed by atoms with Crippen LogP contribution in [-0.2, 0) is 9.13 Å². The molecule has 0 aromatic heterocycles. The quantitative estimate of drug-likeness (QED) is 0.290. The second-order valence-electron chi connectivity index (χ2n) is 5.46. The van der Waals surface area contributed by atoms with Crippen molar-refractivity contribution in [3.63, 3.8) is 0 Å². The van der Waals surface area contributed by atoms with Crippen LogP contribution >= 0.6 is 15.2 Å². The molecule has 0 aromatic carbocycles. The SMILES string of the molecule is CC(C)=CCC/C(C)=C/CCCC(P(=O)(O)O)P(=O)(O)O. The zero-order valence-corrected chi connectivity index (χ0v) is 14.6. The highest BCUT2D eigenvalue weighted by atomic mass is 31.2. The fraction of sp³-hybridized carbons (Fsp3) is 0.692. The lowest BCUT2D eigenvalue weighted by Gasteiger charge is -2.18. The summed E-state index contributed by atoms with van der Waals surface area (Å²) in [6.45, 7) is 6.04. The lowest BCUT2D eigenvalue weighted by Crippen LogP contribution is -2.09. The first kappa shape index (κ1) is 20.8. The third-order valence-electron chi connectivity index (χ3n) is 3.03. The van der Waals surface area contributed by atoms with Gasteiger partial charge < -0.3 is 19.6 Å². The zero-order valence-electron chi connectivity index (χ0n) is 12.8. The lowest BCUT2D eigenvalue weighted by atomic mass is 10.1. The Morgan fingerprint density at radius 1 is 0.952 bits per heavy atom. The van der Waals surface area contributed by atoms with Crippen LogP contribution in [0.3, 0.4) is 0 Å². The molecular weight excluding hydrogens is 314 g/mol. The molecular formula is C13H26O6P2. The molecule has 0 aliphatic carbocycles. The van der Waals surface area contributed by atoms with Crippen LogP contribution in [0.25, 0.3) is 0 Å². The molecule has 0 rings (SSSR count). The Hall–Kier alpha value is -0.220. The van der Waals surface area contributed by atoms with Gasteiger partial charge in [0.2, 0.25) is 0 Å². The summed E-state index contributed by atoms with van der Waals surface area (Å²) in [6, 6.07) is 0. The van der Waals surface area contributed by atoms with Crippen molar-refractivity contribution in [2.75, 3.05) is 0 Å². The second-order valence-corrected chi connectivity index (χ2v) is 9.47. The Morgan fingerprint density at radius 2 is 1.48 bits per heavy atom. The highest BCUT2D eigenvalue weighted by Gasteiger charge is 2.42. The Kier molecular flexibility index (Phi) is 8.94. The van der Waals surface area contributed by atoms with Gasteiger partial charge in [-0.1, -0.05) is 23.3 Å². The van der Waals surface area contributed by atoms with E-state index in [0.717, 1.165) is 18.4 Å². The van der Waals surface area contributed by atoms with Gasteiger partial charge in [-0.25, -0.2) is 0 Å². The van der Waals surface area contributed by atoms with Crippen molar-refractivity contribution >= 4 is 15.2 Å². The summed E-state index contributed by atoms with van der Waals surface area (Å²) in [6.07, 6.45) is 6.64. The third kappa shape index (κ3) is 10.2. The van der Waals surface area contributed by atoms with Crippen LogP contribution in [0.15, 0.2) is 23.3 Å². The predicted molar refractivity (Wildman–Crippen MR) is 84.1 cm³/mol. The molecule has 0 spiro atoms. The molecule has 4 N–H and O–H groups in total. The van der Waals surface area contributed by atoms with Crippen LogP contribution in [0.4, 0.5) is 0 Å². The molecule has 0 fully saturated rings. The molecule has 0 bridgehead atoms. The number of unbranched alkanes of at least 4 members (excludes halogenated alkanes) is 1. The number of hydrogen-bond acceptors (Lipinski definition) is 2. The number of allylic oxidation sites excluding steroid dienone is 4. The number of rotatable bonds is 9. The van der Waals surface area contributed by atoms with Crippen molar-refractivity contribution in [3.05, 3.63) is 23.3 Å². The summed E-state index contributed by atoms with van der Waals surface area (Å²) in [5.41, 5.74) is 2.42. The average Bonchev–Trinajstić information content (AvgIpc) is 2.24. The first-order valence-corrected chi connectivity index (χ1v) is 10.2. The van der Waals surface area contributed by atoms with E-state index >= 15 is 0 Å². The van der Waals surface area contributed by atoms with Crippen LogP contribution in [0, 0.1) is 0 Å². The van der Waals surface area contributed by atoms with E-state index in [1.165, 1.54) is 5.57 Å². The molecule has 0 heterocycles. The van der Waals surface area contributed by atoms with Gasteiger partial charge in [0.25, 0.3) is 0 Å². The van der Waals surface area contributed by atoms with Gasteiger partial charge in [-0.05, 0) is 52.9 Å². The summed E-state index contributed by atoms with van der Waals surface area (Å²) >= 11 is 0. The minimum absolute atomic E-state index is 0.188. The largest absolute Gasteiger partial charge is 0.340 e. The fourth-order valence-electron chi connectivity index (χ4n) is 1.87. The summed E-state index contributed by atoms with van der Waals surface area (Å²) in [7, 11) is -9.56. The Morgan fingerprint density at radius 3 is 1.90 bits per heavy atom. The van der Waals surface area contributed by atoms with E-state index in [0.29, 0.717) is 12.8 Å². The van der Waals surface area contributed by atoms with Crippen LogP contribution < -0.4 is 0 Å². The first-order chi connectivity index (χ1) is 9.44. The van der Waals surface area contributed by atoms with Gasteiger partial charge in [-0.3, -0.25) is 9.13 Å². The molecule has 0 aliphatic rings. The first-order valence-electron chi connectivity index (χ1n) is 6.84. The average molecular weight is 340 g/mol. The van der Waals surface area contributed by atoms with Crippen molar-refractivity contribution in [3.8, 4) is 0 Å². The smallest absolute Gasteiger partial charge is 0.324 e. The summed E-state index contributed by atoms with van der Waals surface area (Å²) < 4.78 is 22.2. The maximum Gasteiger partial charge on any atom is 0.340 e. The molecule has 0 atom stereocenters. The second kappa shape index (κ2) is 9.04. The van der Waals surface area contributed by atoms with Crippen molar-refractivity contribution < 1.29 is 28.7 Å². The fourth-order valence-corrected chi connectivity index (χ4v) is 4.48. The molecule has 0 amide bonds. The molecule has 0 saturated heterocycles.